The smallest absolute Gasteiger partial charge is 0.310 e. The summed E-state index contributed by atoms with van der Waals surface area (Å²) in [6, 6.07) is 14.1. The summed E-state index contributed by atoms with van der Waals surface area (Å²) in [4.78, 5) is 23.5. The molecule has 0 aliphatic rings. The Balaban J connectivity index is 1.63. The molecule has 0 bridgehead atoms. The summed E-state index contributed by atoms with van der Waals surface area (Å²) in [5, 5.41) is 3.24. The third-order valence-corrected chi connectivity index (χ3v) is 3.65. The van der Waals surface area contributed by atoms with Crippen LogP contribution in [0.2, 0.25) is 5.02 Å². The van der Waals surface area contributed by atoms with E-state index in [2.05, 4.69) is 5.32 Å². The summed E-state index contributed by atoms with van der Waals surface area (Å²) in [6.07, 6.45) is 0.0387. The zero-order valence-electron chi connectivity index (χ0n) is 14.4. The van der Waals surface area contributed by atoms with E-state index in [1.807, 2.05) is 6.07 Å². The van der Waals surface area contributed by atoms with Gasteiger partial charge in [0, 0.05) is 10.6 Å². The van der Waals surface area contributed by atoms with Crippen molar-refractivity contribution in [2.75, 3.05) is 26.9 Å². The number of esters is 1. The van der Waals surface area contributed by atoms with Crippen LogP contribution in [0.5, 0.6) is 11.5 Å². The maximum atomic E-state index is 11.8. The van der Waals surface area contributed by atoms with Crippen LogP contribution in [-0.2, 0) is 20.7 Å². The minimum Gasteiger partial charge on any atom is -0.496 e. The average Bonchev–Trinajstić information content (AvgIpc) is 2.65. The van der Waals surface area contributed by atoms with Crippen molar-refractivity contribution in [1.82, 2.24) is 5.32 Å². The molecule has 2 rings (SSSR count). The molecule has 1 N–H and O–H groups in total. The van der Waals surface area contributed by atoms with E-state index in [1.54, 1.807) is 42.5 Å². The zero-order valence-corrected chi connectivity index (χ0v) is 15.1. The van der Waals surface area contributed by atoms with Crippen molar-refractivity contribution in [3.63, 3.8) is 0 Å². The van der Waals surface area contributed by atoms with Crippen LogP contribution in [0, 0.1) is 0 Å². The number of ether oxygens (including phenoxy) is 3. The molecule has 0 aliphatic carbocycles. The van der Waals surface area contributed by atoms with Gasteiger partial charge < -0.3 is 19.5 Å². The molecule has 26 heavy (non-hydrogen) atoms. The van der Waals surface area contributed by atoms with E-state index in [0.29, 0.717) is 35.2 Å². The van der Waals surface area contributed by atoms with Crippen LogP contribution < -0.4 is 14.8 Å². The number of rotatable bonds is 9. The summed E-state index contributed by atoms with van der Waals surface area (Å²) < 4.78 is 15.6. The largest absolute Gasteiger partial charge is 0.496 e. The van der Waals surface area contributed by atoms with E-state index >= 15 is 0 Å². The highest BCUT2D eigenvalue weighted by Crippen LogP contribution is 2.18. The van der Waals surface area contributed by atoms with Crippen molar-refractivity contribution >= 4 is 23.5 Å². The molecule has 2 aromatic rings. The summed E-state index contributed by atoms with van der Waals surface area (Å²) in [7, 11) is 1.53. The number of halogens is 1. The van der Waals surface area contributed by atoms with Crippen LogP contribution in [0.15, 0.2) is 48.5 Å². The van der Waals surface area contributed by atoms with E-state index < -0.39 is 11.9 Å². The van der Waals surface area contributed by atoms with Crippen molar-refractivity contribution in [2.45, 2.75) is 6.42 Å². The summed E-state index contributed by atoms with van der Waals surface area (Å²) in [5.41, 5.74) is 0.705. The maximum Gasteiger partial charge on any atom is 0.310 e. The van der Waals surface area contributed by atoms with Crippen molar-refractivity contribution in [2.24, 2.45) is 0 Å². The first-order valence-electron chi connectivity index (χ1n) is 8.01. The lowest BCUT2D eigenvalue weighted by atomic mass is 10.1. The Morgan fingerprint density at radius 1 is 1.08 bits per heavy atom. The third kappa shape index (κ3) is 6.64. The lowest BCUT2D eigenvalue weighted by Gasteiger charge is -2.09. The van der Waals surface area contributed by atoms with E-state index in [1.165, 1.54) is 7.11 Å². The molecule has 0 unspecified atom stereocenters. The van der Waals surface area contributed by atoms with Crippen molar-refractivity contribution in [1.29, 1.82) is 0 Å². The number of amides is 1. The number of benzene rings is 2. The predicted octanol–water partition coefficient (Wildman–Crippen LogP) is 2.63. The van der Waals surface area contributed by atoms with Gasteiger partial charge in [0.05, 0.1) is 20.1 Å². The van der Waals surface area contributed by atoms with Gasteiger partial charge in [0.1, 0.15) is 18.1 Å². The lowest BCUT2D eigenvalue weighted by molar-refractivity contribution is -0.147. The molecule has 0 spiro atoms. The molecule has 2 aromatic carbocycles. The van der Waals surface area contributed by atoms with Gasteiger partial charge in [-0.05, 0) is 30.3 Å². The van der Waals surface area contributed by atoms with Crippen molar-refractivity contribution in [3.05, 3.63) is 59.1 Å². The highest BCUT2D eigenvalue weighted by molar-refractivity contribution is 6.30. The zero-order chi connectivity index (χ0) is 18.8. The Morgan fingerprint density at radius 3 is 2.54 bits per heavy atom. The van der Waals surface area contributed by atoms with E-state index in [9.17, 15) is 9.59 Å². The summed E-state index contributed by atoms with van der Waals surface area (Å²) in [6.45, 7) is 0.253. The summed E-state index contributed by atoms with van der Waals surface area (Å²) >= 11 is 5.78. The second kappa shape index (κ2) is 10.3. The first kappa shape index (κ1) is 19.6. The van der Waals surface area contributed by atoms with Gasteiger partial charge in [-0.1, -0.05) is 29.8 Å². The molecule has 0 saturated carbocycles. The number of carbonyl (C=O) groups excluding carboxylic acids is 2. The molecular formula is C19H20ClNO5. The monoisotopic (exact) mass is 377 g/mol. The molecule has 7 heteroatoms. The van der Waals surface area contributed by atoms with Crippen molar-refractivity contribution in [3.8, 4) is 11.5 Å². The normalized spacial score (nSPS) is 10.1. The van der Waals surface area contributed by atoms with E-state index in [4.69, 9.17) is 25.8 Å². The Bertz CT molecular complexity index is 733. The van der Waals surface area contributed by atoms with Crippen LogP contribution >= 0.6 is 11.6 Å². The average molecular weight is 378 g/mol. The van der Waals surface area contributed by atoms with Crippen LogP contribution in [0.25, 0.3) is 0 Å². The van der Waals surface area contributed by atoms with Gasteiger partial charge in [0.25, 0.3) is 5.91 Å². The fourth-order valence-electron chi connectivity index (χ4n) is 2.14. The van der Waals surface area contributed by atoms with E-state index in [-0.39, 0.29) is 13.0 Å². The number of para-hydroxylation sites is 1. The van der Waals surface area contributed by atoms with Gasteiger partial charge in [-0.15, -0.1) is 0 Å². The number of hydrogen-bond acceptors (Lipinski definition) is 5. The third-order valence-electron chi connectivity index (χ3n) is 3.40. The molecule has 0 heterocycles. The first-order valence-corrected chi connectivity index (χ1v) is 8.39. The first-order chi connectivity index (χ1) is 12.6. The van der Waals surface area contributed by atoms with Gasteiger partial charge in [-0.3, -0.25) is 9.59 Å². The van der Waals surface area contributed by atoms with Crippen LogP contribution in [0.1, 0.15) is 5.56 Å². The van der Waals surface area contributed by atoms with Gasteiger partial charge in [0.2, 0.25) is 0 Å². The SMILES string of the molecule is COc1ccccc1CC(=O)OCC(=O)NCCOc1ccc(Cl)cc1. The maximum absolute atomic E-state index is 11.8. The van der Waals surface area contributed by atoms with Crippen LogP contribution in [0.4, 0.5) is 0 Å². The Kier molecular flexibility index (Phi) is 7.76. The van der Waals surface area contributed by atoms with Crippen LogP contribution in [0.3, 0.4) is 0 Å². The predicted molar refractivity (Wildman–Crippen MR) is 97.6 cm³/mol. The fraction of sp³-hybridized carbons (Fsp3) is 0.263. The highest BCUT2D eigenvalue weighted by atomic mass is 35.5. The summed E-state index contributed by atoms with van der Waals surface area (Å²) in [5.74, 6) is 0.375. The van der Waals surface area contributed by atoms with Crippen LogP contribution in [-0.4, -0.2) is 38.7 Å². The molecule has 138 valence electrons. The molecule has 0 aromatic heterocycles. The van der Waals surface area contributed by atoms with Gasteiger partial charge in [0.15, 0.2) is 6.61 Å². The Labute approximate surface area is 157 Å². The highest BCUT2D eigenvalue weighted by Gasteiger charge is 2.11. The number of hydrogen-bond donors (Lipinski definition) is 1. The Hall–Kier alpha value is -2.73. The number of methoxy groups -OCH3 is 1. The standard InChI is InChI=1S/C19H20ClNO5/c1-24-17-5-3-2-4-14(17)12-19(23)26-13-18(22)21-10-11-25-16-8-6-15(20)7-9-16/h2-9H,10-13H2,1H3,(H,21,22). The minimum absolute atomic E-state index is 0.0387. The van der Waals surface area contributed by atoms with Gasteiger partial charge in [-0.2, -0.15) is 0 Å². The molecule has 0 saturated heterocycles. The quantitative estimate of drug-likeness (QED) is 0.537. The Morgan fingerprint density at radius 2 is 1.81 bits per heavy atom. The number of nitrogens with one attached hydrogen (secondary N) is 1. The molecule has 1 amide bonds. The van der Waals surface area contributed by atoms with E-state index in [0.717, 1.165) is 0 Å². The van der Waals surface area contributed by atoms with Gasteiger partial charge >= 0.3 is 5.97 Å². The van der Waals surface area contributed by atoms with Gasteiger partial charge in [-0.25, -0.2) is 0 Å². The number of carbonyl (C=O) groups is 2. The molecule has 6 nitrogen and oxygen atoms in total. The molecule has 0 atom stereocenters. The molecule has 0 radical (unpaired) electrons. The van der Waals surface area contributed by atoms with Crippen molar-refractivity contribution < 1.29 is 23.8 Å². The second-order valence-electron chi connectivity index (χ2n) is 5.30. The fourth-order valence-corrected chi connectivity index (χ4v) is 2.27. The molecule has 0 fully saturated rings. The minimum atomic E-state index is -0.498. The lowest BCUT2D eigenvalue weighted by Crippen LogP contribution is -2.32. The second-order valence-corrected chi connectivity index (χ2v) is 5.74. The molecule has 0 aliphatic heterocycles. The molecular weight excluding hydrogens is 358 g/mol. The topological polar surface area (TPSA) is 73.9 Å².